The Morgan fingerprint density at radius 2 is 0.966 bits per heavy atom. The third kappa shape index (κ3) is 28.6. The van der Waals surface area contributed by atoms with Crippen molar-refractivity contribution in [2.75, 3.05) is 13.2 Å². The van der Waals surface area contributed by atoms with Gasteiger partial charge in [-0.3, -0.25) is 4.79 Å². The highest BCUT2D eigenvalue weighted by Gasteiger charge is 2.44. The van der Waals surface area contributed by atoms with Gasteiger partial charge in [0, 0.05) is 6.42 Å². The first-order valence-electron chi connectivity index (χ1n) is 24.7. The summed E-state index contributed by atoms with van der Waals surface area (Å²) in [6.45, 7) is 5.91. The summed E-state index contributed by atoms with van der Waals surface area (Å²) < 4.78 is 11.2. The molecule has 1 saturated heterocycles. The normalized spacial score (nSPS) is 21.4. The minimum absolute atomic E-state index is 0.254. The molecule has 0 saturated carbocycles. The number of aliphatic hydroxyl groups is 6. The van der Waals surface area contributed by atoms with E-state index in [9.17, 15) is 35.4 Å². The molecule has 8 atom stereocenters. The van der Waals surface area contributed by atoms with Crippen LogP contribution in [0.1, 0.15) is 233 Å². The van der Waals surface area contributed by atoms with Crippen molar-refractivity contribution in [1.82, 2.24) is 5.32 Å². The van der Waals surface area contributed by atoms with Gasteiger partial charge in [0.2, 0.25) is 5.91 Å². The quantitative estimate of drug-likeness (QED) is 0.0297. The second-order valence-electron chi connectivity index (χ2n) is 18.2. The molecule has 7 N–H and O–H groups in total. The Morgan fingerprint density at radius 3 is 1.38 bits per heavy atom. The molecule has 1 heterocycles. The lowest BCUT2D eigenvalue weighted by Crippen LogP contribution is -2.60. The number of unbranched alkanes of at least 4 members (excludes halogenated alkanes) is 28. The van der Waals surface area contributed by atoms with Gasteiger partial charge in [-0.05, 0) is 18.8 Å². The minimum atomic E-state index is -1.60. The molecule has 0 aromatic carbocycles. The van der Waals surface area contributed by atoms with E-state index in [0.717, 1.165) is 50.9 Å². The van der Waals surface area contributed by atoms with Crippen LogP contribution in [0, 0.1) is 5.92 Å². The summed E-state index contributed by atoms with van der Waals surface area (Å²) in [6.07, 6.45) is 29.9. The largest absolute Gasteiger partial charge is 0.394 e. The average molecular weight is 830 g/mol. The van der Waals surface area contributed by atoms with Gasteiger partial charge in [0.15, 0.2) is 6.29 Å². The average Bonchev–Trinajstić information content (AvgIpc) is 3.21. The van der Waals surface area contributed by atoms with Gasteiger partial charge < -0.3 is 45.4 Å². The summed E-state index contributed by atoms with van der Waals surface area (Å²) >= 11 is 0. The molecule has 58 heavy (non-hydrogen) atoms. The molecule has 10 nitrogen and oxygen atoms in total. The molecule has 1 rings (SSSR count). The van der Waals surface area contributed by atoms with E-state index >= 15 is 0 Å². The summed E-state index contributed by atoms with van der Waals surface area (Å²) in [5, 5.41) is 65.2. The maximum absolute atomic E-state index is 13.0. The molecule has 0 aromatic rings. The van der Waals surface area contributed by atoms with Gasteiger partial charge in [-0.2, -0.15) is 0 Å². The van der Waals surface area contributed by atoms with Crippen LogP contribution in [-0.2, 0) is 14.3 Å². The van der Waals surface area contributed by atoms with Gasteiger partial charge >= 0.3 is 0 Å². The summed E-state index contributed by atoms with van der Waals surface area (Å²) in [5.41, 5.74) is 0. The van der Waals surface area contributed by atoms with Crippen LogP contribution in [0.5, 0.6) is 0 Å². The number of nitrogens with one attached hydrogen (secondary N) is 1. The van der Waals surface area contributed by atoms with Gasteiger partial charge in [0.25, 0.3) is 0 Å². The standard InChI is InChI=1S/C48H95NO9/c1-4-5-6-7-8-9-10-11-12-13-14-15-16-17-18-19-20-21-22-27-30-33-36-43(52)49-40(38-57-48-47(56)46(55)45(54)42(37-50)58-48)44(53)41(51)35-32-29-26-24-23-25-28-31-34-39(2)3/h39-42,44-48,50-51,53-56H,4-38H2,1-3H3,(H,49,52)/t40-,41+,42+,44-,45+,46-,47+,48+/m0/s1. The maximum atomic E-state index is 13.0. The Hall–Kier alpha value is -0.850. The third-order valence-corrected chi connectivity index (χ3v) is 12.2. The molecule has 1 amide bonds. The predicted molar refractivity (Wildman–Crippen MR) is 237 cm³/mol. The van der Waals surface area contributed by atoms with E-state index in [1.54, 1.807) is 0 Å². The number of aliphatic hydroxyl groups excluding tert-OH is 6. The Kier molecular flexibility index (Phi) is 36.0. The molecular weight excluding hydrogens is 735 g/mol. The highest BCUT2D eigenvalue weighted by Crippen LogP contribution is 2.23. The van der Waals surface area contributed by atoms with Crippen molar-refractivity contribution in [3.05, 3.63) is 0 Å². The van der Waals surface area contributed by atoms with Crippen molar-refractivity contribution >= 4 is 5.91 Å². The van der Waals surface area contributed by atoms with Crippen LogP contribution in [-0.4, -0.2) is 98.7 Å². The van der Waals surface area contributed by atoms with Gasteiger partial charge in [0.05, 0.1) is 25.4 Å². The van der Waals surface area contributed by atoms with Crippen LogP contribution < -0.4 is 5.32 Å². The molecule has 0 unspecified atom stereocenters. The van der Waals surface area contributed by atoms with E-state index in [-0.39, 0.29) is 18.9 Å². The molecule has 0 aliphatic carbocycles. The van der Waals surface area contributed by atoms with Gasteiger partial charge in [-0.25, -0.2) is 0 Å². The topological polar surface area (TPSA) is 169 Å². The highest BCUT2D eigenvalue weighted by atomic mass is 16.7. The fraction of sp³-hybridized carbons (Fsp3) is 0.979. The zero-order valence-corrected chi connectivity index (χ0v) is 37.9. The fourth-order valence-electron chi connectivity index (χ4n) is 8.21. The van der Waals surface area contributed by atoms with Crippen molar-refractivity contribution in [2.45, 2.75) is 282 Å². The number of hydrogen-bond acceptors (Lipinski definition) is 9. The van der Waals surface area contributed by atoms with E-state index in [1.165, 1.54) is 154 Å². The van der Waals surface area contributed by atoms with Crippen molar-refractivity contribution in [2.24, 2.45) is 5.92 Å². The lowest BCUT2D eigenvalue weighted by atomic mass is 9.98. The monoisotopic (exact) mass is 830 g/mol. The molecule has 0 spiro atoms. The molecule has 1 aliphatic rings. The van der Waals surface area contributed by atoms with Crippen LogP contribution in [0.2, 0.25) is 0 Å². The summed E-state index contributed by atoms with van der Waals surface area (Å²) in [4.78, 5) is 13.0. The maximum Gasteiger partial charge on any atom is 0.220 e. The van der Waals surface area contributed by atoms with Gasteiger partial charge in [-0.15, -0.1) is 0 Å². The number of carbonyl (C=O) groups excluding carboxylic acids is 1. The lowest BCUT2D eigenvalue weighted by Gasteiger charge is -2.40. The zero-order chi connectivity index (χ0) is 42.6. The Bertz CT molecular complexity index is 908. The van der Waals surface area contributed by atoms with Gasteiger partial charge in [0.1, 0.15) is 30.5 Å². The second-order valence-corrected chi connectivity index (χ2v) is 18.2. The first kappa shape index (κ1) is 55.2. The van der Waals surface area contributed by atoms with E-state index in [1.807, 2.05) is 0 Å². The zero-order valence-electron chi connectivity index (χ0n) is 37.9. The summed E-state index contributed by atoms with van der Waals surface area (Å²) in [7, 11) is 0. The van der Waals surface area contributed by atoms with Crippen molar-refractivity contribution in [1.29, 1.82) is 0 Å². The smallest absolute Gasteiger partial charge is 0.220 e. The number of hydrogen-bond donors (Lipinski definition) is 7. The second kappa shape index (κ2) is 37.9. The number of amides is 1. The molecule has 1 aliphatic heterocycles. The van der Waals surface area contributed by atoms with E-state index < -0.39 is 55.6 Å². The fourth-order valence-corrected chi connectivity index (χ4v) is 8.21. The van der Waals surface area contributed by atoms with Gasteiger partial charge in [-0.1, -0.05) is 213 Å². The van der Waals surface area contributed by atoms with Crippen LogP contribution in [0.25, 0.3) is 0 Å². The third-order valence-electron chi connectivity index (χ3n) is 12.2. The number of carbonyl (C=O) groups is 1. The van der Waals surface area contributed by atoms with Crippen LogP contribution >= 0.6 is 0 Å². The highest BCUT2D eigenvalue weighted by molar-refractivity contribution is 5.76. The molecule has 10 heteroatoms. The predicted octanol–water partition coefficient (Wildman–Crippen LogP) is 9.56. The summed E-state index contributed by atoms with van der Waals surface area (Å²) in [5.74, 6) is 0.507. The van der Waals surface area contributed by atoms with Crippen molar-refractivity contribution in [3.63, 3.8) is 0 Å². The summed E-state index contributed by atoms with van der Waals surface area (Å²) in [6, 6.07) is -0.986. The number of rotatable bonds is 41. The van der Waals surface area contributed by atoms with Crippen LogP contribution in [0.4, 0.5) is 0 Å². The Balaban J connectivity index is 2.29. The molecular formula is C48H95NO9. The molecule has 0 radical (unpaired) electrons. The SMILES string of the molecule is CCCCCCCCCCCCCCCCCCCCCCCCC(=O)N[C@@H](CO[C@@H]1O[C@H](CO)[C@@H](O)[C@H](O)[C@H]1O)[C@H](O)[C@H](O)CCCCCCCCCCC(C)C. The van der Waals surface area contributed by atoms with Crippen LogP contribution in [0.3, 0.4) is 0 Å². The first-order valence-corrected chi connectivity index (χ1v) is 24.7. The number of ether oxygens (including phenoxy) is 2. The van der Waals surface area contributed by atoms with Crippen molar-refractivity contribution in [3.8, 4) is 0 Å². The minimum Gasteiger partial charge on any atom is -0.394 e. The Morgan fingerprint density at radius 1 is 0.569 bits per heavy atom. The van der Waals surface area contributed by atoms with E-state index in [4.69, 9.17) is 9.47 Å². The molecule has 346 valence electrons. The van der Waals surface area contributed by atoms with Crippen LogP contribution in [0.15, 0.2) is 0 Å². The lowest BCUT2D eigenvalue weighted by molar-refractivity contribution is -0.303. The van der Waals surface area contributed by atoms with E-state index in [0.29, 0.717) is 6.42 Å². The molecule has 0 aromatic heterocycles. The molecule has 0 bridgehead atoms. The van der Waals surface area contributed by atoms with E-state index in [2.05, 4.69) is 26.1 Å². The molecule has 1 fully saturated rings. The Labute approximate surface area is 356 Å². The van der Waals surface area contributed by atoms with Crippen molar-refractivity contribution < 1.29 is 44.9 Å². The first-order chi connectivity index (χ1) is 28.1.